The van der Waals surface area contributed by atoms with Gasteiger partial charge in [0.15, 0.2) is 0 Å². The van der Waals surface area contributed by atoms with Gasteiger partial charge in [-0.3, -0.25) is 0 Å². The predicted molar refractivity (Wildman–Crippen MR) is 69.8 cm³/mol. The summed E-state index contributed by atoms with van der Waals surface area (Å²) in [4.78, 5) is 10.9. The Kier molecular flexibility index (Phi) is 2.09. The molecule has 0 spiro atoms. The molecular formula is C12H11N5O. The molecule has 1 aromatic carbocycles. The normalized spacial score (nSPS) is 10.9. The van der Waals surface area contributed by atoms with Crippen molar-refractivity contribution in [3.63, 3.8) is 0 Å². The number of benzene rings is 1. The Labute approximate surface area is 102 Å². The molecule has 0 radical (unpaired) electrons. The standard InChI is InChI=1S/C12H11N5O/c13-8-5-16-12(14)17-10(8)7-1-2-9-6(11(7)18)3-4-15-9/h1-5,15,18H,13H2,(H2,14,16,17). The van der Waals surface area contributed by atoms with E-state index in [9.17, 15) is 5.11 Å². The molecule has 6 heteroatoms. The van der Waals surface area contributed by atoms with Crippen LogP contribution in [-0.4, -0.2) is 20.1 Å². The molecule has 6 nitrogen and oxygen atoms in total. The van der Waals surface area contributed by atoms with E-state index in [4.69, 9.17) is 11.5 Å². The summed E-state index contributed by atoms with van der Waals surface area (Å²) < 4.78 is 0. The molecule has 2 aromatic heterocycles. The fraction of sp³-hybridized carbons (Fsp3) is 0. The second kappa shape index (κ2) is 3.63. The van der Waals surface area contributed by atoms with Crippen molar-refractivity contribution in [3.8, 4) is 17.0 Å². The largest absolute Gasteiger partial charge is 0.507 e. The first-order chi connectivity index (χ1) is 8.66. The van der Waals surface area contributed by atoms with Crippen LogP contribution in [0.25, 0.3) is 22.2 Å². The molecule has 2 heterocycles. The van der Waals surface area contributed by atoms with E-state index in [0.29, 0.717) is 22.3 Å². The lowest BCUT2D eigenvalue weighted by molar-refractivity contribution is 0.483. The number of nitrogen functional groups attached to an aromatic ring is 2. The number of fused-ring (bicyclic) bond motifs is 1. The molecule has 0 bridgehead atoms. The van der Waals surface area contributed by atoms with Gasteiger partial charge in [-0.2, -0.15) is 0 Å². The minimum absolute atomic E-state index is 0.118. The van der Waals surface area contributed by atoms with Gasteiger partial charge in [0.05, 0.1) is 11.9 Å². The Bertz CT molecular complexity index is 734. The lowest BCUT2D eigenvalue weighted by atomic mass is 10.1. The molecule has 6 N–H and O–H groups in total. The van der Waals surface area contributed by atoms with Gasteiger partial charge in [0.25, 0.3) is 0 Å². The summed E-state index contributed by atoms with van der Waals surface area (Å²) in [6, 6.07) is 5.38. The number of phenols is 1. The molecule has 0 unspecified atom stereocenters. The van der Waals surface area contributed by atoms with Gasteiger partial charge in [0.2, 0.25) is 5.95 Å². The second-order valence-electron chi connectivity index (χ2n) is 3.93. The zero-order chi connectivity index (χ0) is 12.7. The van der Waals surface area contributed by atoms with Crippen molar-refractivity contribution in [2.75, 3.05) is 11.5 Å². The Morgan fingerprint density at radius 2 is 2.00 bits per heavy atom. The summed E-state index contributed by atoms with van der Waals surface area (Å²) in [6.07, 6.45) is 3.18. The van der Waals surface area contributed by atoms with Crippen molar-refractivity contribution >= 4 is 22.5 Å². The highest BCUT2D eigenvalue weighted by atomic mass is 16.3. The number of nitrogens with two attached hydrogens (primary N) is 2. The van der Waals surface area contributed by atoms with Crippen LogP contribution in [0.5, 0.6) is 5.75 Å². The Balaban J connectivity index is 2.31. The number of rotatable bonds is 1. The molecule has 90 valence electrons. The van der Waals surface area contributed by atoms with E-state index in [-0.39, 0.29) is 11.7 Å². The van der Waals surface area contributed by atoms with Gasteiger partial charge in [0, 0.05) is 22.7 Å². The van der Waals surface area contributed by atoms with Crippen molar-refractivity contribution in [2.45, 2.75) is 0 Å². The van der Waals surface area contributed by atoms with Crippen LogP contribution in [0.2, 0.25) is 0 Å². The van der Waals surface area contributed by atoms with E-state index in [2.05, 4.69) is 15.0 Å². The number of phenolic OH excluding ortho intramolecular Hbond substituents is 1. The monoisotopic (exact) mass is 241 g/mol. The van der Waals surface area contributed by atoms with Gasteiger partial charge in [-0.15, -0.1) is 0 Å². The molecule has 0 atom stereocenters. The number of nitrogens with zero attached hydrogens (tertiary/aromatic N) is 2. The number of H-pyrrole nitrogens is 1. The van der Waals surface area contributed by atoms with Crippen LogP contribution in [0.4, 0.5) is 11.6 Å². The number of nitrogens with one attached hydrogen (secondary N) is 1. The second-order valence-corrected chi connectivity index (χ2v) is 3.93. The van der Waals surface area contributed by atoms with Gasteiger partial charge in [-0.05, 0) is 18.2 Å². The van der Waals surface area contributed by atoms with Crippen LogP contribution < -0.4 is 11.5 Å². The maximum Gasteiger partial charge on any atom is 0.220 e. The topological polar surface area (TPSA) is 114 Å². The quantitative estimate of drug-likeness (QED) is 0.515. The summed E-state index contributed by atoms with van der Waals surface area (Å²) in [5.41, 5.74) is 13.5. The molecule has 0 amide bonds. The maximum atomic E-state index is 10.2. The zero-order valence-corrected chi connectivity index (χ0v) is 9.38. The smallest absolute Gasteiger partial charge is 0.220 e. The van der Waals surface area contributed by atoms with Crippen LogP contribution in [0.3, 0.4) is 0 Å². The van der Waals surface area contributed by atoms with Gasteiger partial charge < -0.3 is 21.6 Å². The number of hydrogen-bond acceptors (Lipinski definition) is 5. The lowest BCUT2D eigenvalue weighted by Gasteiger charge is -2.08. The third-order valence-electron chi connectivity index (χ3n) is 2.80. The highest BCUT2D eigenvalue weighted by Crippen LogP contribution is 2.36. The van der Waals surface area contributed by atoms with Crippen LogP contribution in [-0.2, 0) is 0 Å². The molecule has 3 rings (SSSR count). The van der Waals surface area contributed by atoms with Crippen molar-refractivity contribution in [3.05, 3.63) is 30.6 Å². The van der Waals surface area contributed by atoms with Crippen molar-refractivity contribution < 1.29 is 5.11 Å². The van der Waals surface area contributed by atoms with Crippen LogP contribution >= 0.6 is 0 Å². The molecule has 0 aliphatic rings. The molecule has 0 aliphatic carbocycles. The third kappa shape index (κ3) is 1.43. The fourth-order valence-corrected chi connectivity index (χ4v) is 1.93. The molecule has 0 saturated heterocycles. The van der Waals surface area contributed by atoms with Crippen LogP contribution in [0.15, 0.2) is 30.6 Å². The van der Waals surface area contributed by atoms with E-state index >= 15 is 0 Å². The Morgan fingerprint density at radius 1 is 1.17 bits per heavy atom. The van der Waals surface area contributed by atoms with Crippen molar-refractivity contribution in [1.82, 2.24) is 15.0 Å². The average Bonchev–Trinajstić information content (AvgIpc) is 2.82. The highest BCUT2D eigenvalue weighted by molar-refractivity contribution is 5.94. The van der Waals surface area contributed by atoms with E-state index < -0.39 is 0 Å². The molecule has 0 fully saturated rings. The maximum absolute atomic E-state index is 10.2. The van der Waals surface area contributed by atoms with Crippen LogP contribution in [0.1, 0.15) is 0 Å². The van der Waals surface area contributed by atoms with E-state index in [1.807, 2.05) is 6.07 Å². The van der Waals surface area contributed by atoms with Crippen molar-refractivity contribution in [2.24, 2.45) is 0 Å². The first-order valence-corrected chi connectivity index (χ1v) is 5.34. The molecule has 0 saturated carbocycles. The molecule has 0 aliphatic heterocycles. The number of hydrogen-bond donors (Lipinski definition) is 4. The van der Waals surface area contributed by atoms with E-state index in [0.717, 1.165) is 5.52 Å². The van der Waals surface area contributed by atoms with E-state index in [1.165, 1.54) is 6.20 Å². The number of anilines is 2. The zero-order valence-electron chi connectivity index (χ0n) is 9.38. The van der Waals surface area contributed by atoms with Gasteiger partial charge in [-0.25, -0.2) is 9.97 Å². The average molecular weight is 241 g/mol. The predicted octanol–water partition coefficient (Wildman–Crippen LogP) is 1.49. The number of aromatic nitrogens is 3. The van der Waals surface area contributed by atoms with Crippen LogP contribution in [0, 0.1) is 0 Å². The number of aromatic amines is 1. The molecular weight excluding hydrogens is 230 g/mol. The highest BCUT2D eigenvalue weighted by Gasteiger charge is 2.13. The molecule has 3 aromatic rings. The SMILES string of the molecule is Nc1ncc(N)c(-c2ccc3[nH]ccc3c2O)n1. The number of aromatic hydroxyl groups is 1. The van der Waals surface area contributed by atoms with E-state index in [1.54, 1.807) is 18.3 Å². The summed E-state index contributed by atoms with van der Waals surface area (Å²) in [5, 5.41) is 10.9. The minimum Gasteiger partial charge on any atom is -0.507 e. The summed E-state index contributed by atoms with van der Waals surface area (Å²) in [6.45, 7) is 0. The first-order valence-electron chi connectivity index (χ1n) is 5.34. The van der Waals surface area contributed by atoms with Crippen molar-refractivity contribution in [1.29, 1.82) is 0 Å². The summed E-state index contributed by atoms with van der Waals surface area (Å²) >= 11 is 0. The van der Waals surface area contributed by atoms with Gasteiger partial charge in [0.1, 0.15) is 11.4 Å². The summed E-state index contributed by atoms with van der Waals surface area (Å²) in [5.74, 6) is 0.242. The Morgan fingerprint density at radius 3 is 2.83 bits per heavy atom. The van der Waals surface area contributed by atoms with Gasteiger partial charge >= 0.3 is 0 Å². The summed E-state index contributed by atoms with van der Waals surface area (Å²) in [7, 11) is 0. The lowest BCUT2D eigenvalue weighted by Crippen LogP contribution is -2.00. The first kappa shape index (κ1) is 10.4. The molecule has 18 heavy (non-hydrogen) atoms. The van der Waals surface area contributed by atoms with Gasteiger partial charge in [-0.1, -0.05) is 0 Å². The minimum atomic E-state index is 0.118. The Hall–Kier alpha value is -2.76. The fourth-order valence-electron chi connectivity index (χ4n) is 1.93. The third-order valence-corrected chi connectivity index (χ3v) is 2.80.